The Bertz CT molecular complexity index is 564. The third-order valence-corrected chi connectivity index (χ3v) is 3.97. The molecule has 4 heteroatoms. The van der Waals surface area contributed by atoms with Gasteiger partial charge >= 0.3 is 0 Å². The normalized spacial score (nSPS) is 13.5. The van der Waals surface area contributed by atoms with Crippen molar-refractivity contribution in [2.45, 2.75) is 25.7 Å². The predicted molar refractivity (Wildman–Crippen MR) is 90.3 cm³/mol. The minimum absolute atomic E-state index is 0.0138. The highest BCUT2D eigenvalue weighted by Crippen LogP contribution is 2.19. The molecule has 1 aromatic heterocycles. The molecule has 0 saturated carbocycles. The summed E-state index contributed by atoms with van der Waals surface area (Å²) < 4.78 is 6.04. The molecule has 21 heavy (non-hydrogen) atoms. The summed E-state index contributed by atoms with van der Waals surface area (Å²) in [5.41, 5.74) is 2.04. The van der Waals surface area contributed by atoms with Crippen LogP contribution in [0.1, 0.15) is 17.3 Å². The van der Waals surface area contributed by atoms with E-state index in [4.69, 9.17) is 4.43 Å². The lowest BCUT2D eigenvalue weighted by molar-refractivity contribution is 0.285. The largest absolute Gasteiger partial charge is 0.415 e. The Hall–Kier alpha value is -1.78. The molecule has 0 N–H and O–H groups in total. The van der Waals surface area contributed by atoms with E-state index in [-0.39, 0.29) is 6.04 Å². The van der Waals surface area contributed by atoms with Gasteiger partial charge in [0.05, 0.1) is 18.3 Å². The average Bonchev–Trinajstić information content (AvgIpc) is 2.48. The molecule has 0 bridgehead atoms. The van der Waals surface area contributed by atoms with Crippen molar-refractivity contribution in [2.24, 2.45) is 4.99 Å². The molecule has 0 aliphatic carbocycles. The van der Waals surface area contributed by atoms with Gasteiger partial charge in [0.15, 0.2) is 8.32 Å². The molecule has 0 fully saturated rings. The summed E-state index contributed by atoms with van der Waals surface area (Å²) in [6.07, 6.45) is 3.60. The van der Waals surface area contributed by atoms with Crippen molar-refractivity contribution in [3.05, 3.63) is 66.0 Å². The maximum Gasteiger partial charge on any atom is 0.183 e. The zero-order valence-electron chi connectivity index (χ0n) is 12.9. The van der Waals surface area contributed by atoms with E-state index < -0.39 is 8.32 Å². The van der Waals surface area contributed by atoms with Gasteiger partial charge in [-0.15, -0.1) is 0 Å². The number of aliphatic imine (C=N–C) groups is 1. The van der Waals surface area contributed by atoms with Gasteiger partial charge in [0, 0.05) is 12.4 Å². The molecule has 1 unspecified atom stereocenters. The van der Waals surface area contributed by atoms with E-state index in [1.165, 1.54) is 5.56 Å². The van der Waals surface area contributed by atoms with Gasteiger partial charge in [0.25, 0.3) is 0 Å². The number of nitrogens with zero attached hydrogens (tertiary/aromatic N) is 2. The lowest BCUT2D eigenvalue weighted by atomic mass is 10.1. The van der Waals surface area contributed by atoms with E-state index >= 15 is 0 Å². The van der Waals surface area contributed by atoms with E-state index in [1.54, 1.807) is 6.20 Å². The Morgan fingerprint density at radius 2 is 1.81 bits per heavy atom. The fourth-order valence-corrected chi connectivity index (χ4v) is 2.51. The van der Waals surface area contributed by atoms with Crippen molar-refractivity contribution in [2.75, 3.05) is 6.61 Å². The molecule has 0 saturated heterocycles. The summed E-state index contributed by atoms with van der Waals surface area (Å²) in [5.74, 6) is 0. The molecule has 2 aromatic rings. The van der Waals surface area contributed by atoms with Crippen LogP contribution in [0, 0.1) is 0 Å². The first-order valence-electron chi connectivity index (χ1n) is 7.18. The van der Waals surface area contributed by atoms with Gasteiger partial charge in [-0.1, -0.05) is 36.4 Å². The number of pyridine rings is 1. The molecular weight excluding hydrogens is 276 g/mol. The Kier molecular flexibility index (Phi) is 5.42. The second-order valence-corrected chi connectivity index (χ2v) is 10.4. The van der Waals surface area contributed by atoms with Gasteiger partial charge < -0.3 is 4.43 Å². The lowest BCUT2D eigenvalue weighted by Gasteiger charge is -2.21. The van der Waals surface area contributed by atoms with Crippen molar-refractivity contribution in [3.8, 4) is 0 Å². The molecule has 1 heterocycles. The highest BCUT2D eigenvalue weighted by Gasteiger charge is 2.18. The van der Waals surface area contributed by atoms with E-state index in [0.29, 0.717) is 6.61 Å². The number of aromatic nitrogens is 1. The molecule has 2 rings (SSSR count). The number of hydrogen-bond donors (Lipinski definition) is 0. The number of benzene rings is 1. The zero-order chi connectivity index (χ0) is 15.1. The lowest BCUT2D eigenvalue weighted by Crippen LogP contribution is -2.27. The second kappa shape index (κ2) is 7.29. The maximum atomic E-state index is 6.04. The Morgan fingerprint density at radius 3 is 2.43 bits per heavy atom. The first kappa shape index (κ1) is 15.6. The molecule has 0 aliphatic heterocycles. The van der Waals surface area contributed by atoms with Crippen LogP contribution in [0.3, 0.4) is 0 Å². The molecule has 1 aromatic carbocycles. The molecule has 0 radical (unpaired) electrons. The Labute approximate surface area is 127 Å². The van der Waals surface area contributed by atoms with Crippen LogP contribution in [0.5, 0.6) is 0 Å². The molecule has 0 spiro atoms. The van der Waals surface area contributed by atoms with Gasteiger partial charge in [-0.3, -0.25) is 9.98 Å². The van der Waals surface area contributed by atoms with E-state index in [9.17, 15) is 0 Å². The first-order chi connectivity index (χ1) is 10.0. The molecule has 1 atom stereocenters. The SMILES string of the molecule is C[Si](C)(C)OCC(N=Cc1ccccn1)c1ccccc1. The third kappa shape index (κ3) is 5.61. The Morgan fingerprint density at radius 1 is 1.10 bits per heavy atom. The average molecular weight is 298 g/mol. The van der Waals surface area contributed by atoms with Crippen molar-refractivity contribution in [3.63, 3.8) is 0 Å². The van der Waals surface area contributed by atoms with E-state index in [2.05, 4.69) is 41.8 Å². The fraction of sp³-hybridized carbons (Fsp3) is 0.294. The van der Waals surface area contributed by atoms with Gasteiger partial charge in [0.1, 0.15) is 0 Å². The highest BCUT2D eigenvalue weighted by atomic mass is 28.4. The van der Waals surface area contributed by atoms with Crippen molar-refractivity contribution >= 4 is 14.5 Å². The predicted octanol–water partition coefficient (Wildman–Crippen LogP) is 4.09. The first-order valence-corrected chi connectivity index (χ1v) is 10.6. The van der Waals surface area contributed by atoms with Gasteiger partial charge in [0.2, 0.25) is 0 Å². The summed E-state index contributed by atoms with van der Waals surface area (Å²) in [5, 5.41) is 0. The monoisotopic (exact) mass is 298 g/mol. The fourth-order valence-electron chi connectivity index (χ4n) is 1.85. The summed E-state index contributed by atoms with van der Waals surface area (Å²) in [6, 6.07) is 16.1. The van der Waals surface area contributed by atoms with Crippen LogP contribution in [0.25, 0.3) is 0 Å². The summed E-state index contributed by atoms with van der Waals surface area (Å²) in [4.78, 5) is 8.95. The quantitative estimate of drug-likeness (QED) is 0.594. The standard InChI is InChI=1S/C17H22N2OSi/c1-21(2,3)20-14-17(15-9-5-4-6-10-15)19-13-16-11-7-8-12-18-16/h4-13,17H,14H2,1-3H3. The minimum Gasteiger partial charge on any atom is -0.415 e. The van der Waals surface area contributed by atoms with Crippen molar-refractivity contribution < 1.29 is 4.43 Å². The minimum atomic E-state index is -1.55. The zero-order valence-corrected chi connectivity index (χ0v) is 13.9. The summed E-state index contributed by atoms with van der Waals surface area (Å²) >= 11 is 0. The van der Waals surface area contributed by atoms with Crippen LogP contribution in [-0.4, -0.2) is 26.1 Å². The highest BCUT2D eigenvalue weighted by molar-refractivity contribution is 6.69. The van der Waals surface area contributed by atoms with Crippen LogP contribution in [-0.2, 0) is 4.43 Å². The third-order valence-electron chi connectivity index (χ3n) is 2.93. The molecule has 0 amide bonds. The summed E-state index contributed by atoms with van der Waals surface area (Å²) in [7, 11) is -1.55. The summed E-state index contributed by atoms with van der Waals surface area (Å²) in [6.45, 7) is 7.19. The van der Waals surface area contributed by atoms with Crippen LogP contribution in [0.4, 0.5) is 0 Å². The topological polar surface area (TPSA) is 34.5 Å². The van der Waals surface area contributed by atoms with E-state index in [1.807, 2.05) is 42.6 Å². The van der Waals surface area contributed by atoms with Crippen molar-refractivity contribution in [1.29, 1.82) is 0 Å². The Balaban J connectivity index is 2.14. The molecule has 110 valence electrons. The van der Waals surface area contributed by atoms with Gasteiger partial charge in [-0.25, -0.2) is 0 Å². The van der Waals surface area contributed by atoms with Gasteiger partial charge in [-0.05, 0) is 37.3 Å². The molecule has 3 nitrogen and oxygen atoms in total. The molecular formula is C17H22N2OSi. The van der Waals surface area contributed by atoms with Crippen molar-refractivity contribution in [1.82, 2.24) is 4.98 Å². The smallest absolute Gasteiger partial charge is 0.183 e. The van der Waals surface area contributed by atoms with Crippen LogP contribution < -0.4 is 0 Å². The van der Waals surface area contributed by atoms with Crippen LogP contribution in [0.2, 0.25) is 19.6 Å². The maximum absolute atomic E-state index is 6.04. The number of rotatable bonds is 6. The van der Waals surface area contributed by atoms with Crippen LogP contribution in [0.15, 0.2) is 59.7 Å². The van der Waals surface area contributed by atoms with E-state index in [0.717, 1.165) is 5.69 Å². The van der Waals surface area contributed by atoms with Gasteiger partial charge in [-0.2, -0.15) is 0 Å². The second-order valence-electron chi connectivity index (χ2n) is 5.88. The number of hydrogen-bond acceptors (Lipinski definition) is 3. The molecule has 0 aliphatic rings. The van der Waals surface area contributed by atoms with Crippen LogP contribution >= 0.6 is 0 Å².